The monoisotopic (exact) mass is 217 g/mol. The summed E-state index contributed by atoms with van der Waals surface area (Å²) in [6.45, 7) is 6.40. The first-order valence-corrected chi connectivity index (χ1v) is 5.64. The van der Waals surface area contributed by atoms with Crippen molar-refractivity contribution in [2.75, 3.05) is 13.2 Å². The zero-order chi connectivity index (χ0) is 11.8. The molecular weight excluding hydrogens is 198 g/mol. The van der Waals surface area contributed by atoms with Crippen LogP contribution in [0, 0.1) is 19.3 Å². The summed E-state index contributed by atoms with van der Waals surface area (Å²) in [5.41, 5.74) is 2.41. The van der Waals surface area contributed by atoms with Crippen molar-refractivity contribution in [1.82, 2.24) is 5.32 Å². The first-order valence-electron chi connectivity index (χ1n) is 5.64. The van der Waals surface area contributed by atoms with Gasteiger partial charge in [-0.05, 0) is 26.0 Å². The normalized spacial score (nSPS) is 9.81. The summed E-state index contributed by atoms with van der Waals surface area (Å²) in [4.78, 5) is 0. The summed E-state index contributed by atoms with van der Waals surface area (Å²) >= 11 is 0. The van der Waals surface area contributed by atoms with Crippen molar-refractivity contribution < 1.29 is 4.74 Å². The van der Waals surface area contributed by atoms with Crippen LogP contribution in [0.1, 0.15) is 24.5 Å². The van der Waals surface area contributed by atoms with Crippen molar-refractivity contribution >= 4 is 0 Å². The molecule has 2 nitrogen and oxygen atoms in total. The topological polar surface area (TPSA) is 21.3 Å². The summed E-state index contributed by atoms with van der Waals surface area (Å²) < 4.78 is 5.50. The molecule has 1 N–H and O–H groups in total. The number of terminal acetylenes is 1. The Morgan fingerprint density at radius 1 is 1.44 bits per heavy atom. The zero-order valence-electron chi connectivity index (χ0n) is 10.0. The second kappa shape index (κ2) is 6.92. The summed E-state index contributed by atoms with van der Waals surface area (Å²) in [7, 11) is 0. The van der Waals surface area contributed by atoms with Gasteiger partial charge in [0, 0.05) is 12.1 Å². The molecule has 0 aliphatic carbocycles. The fraction of sp³-hybridized carbons (Fsp3) is 0.429. The Labute approximate surface area is 98.0 Å². The van der Waals surface area contributed by atoms with E-state index in [1.807, 2.05) is 12.1 Å². The van der Waals surface area contributed by atoms with Gasteiger partial charge in [-0.25, -0.2) is 0 Å². The fourth-order valence-corrected chi connectivity index (χ4v) is 1.51. The maximum Gasteiger partial charge on any atom is 0.148 e. The quantitative estimate of drug-likeness (QED) is 0.584. The third kappa shape index (κ3) is 3.96. The summed E-state index contributed by atoms with van der Waals surface area (Å²) in [5, 5.41) is 3.36. The molecule has 0 aromatic heterocycles. The van der Waals surface area contributed by atoms with Crippen molar-refractivity contribution in [1.29, 1.82) is 0 Å². The van der Waals surface area contributed by atoms with Crippen LogP contribution in [-0.2, 0) is 6.54 Å². The van der Waals surface area contributed by atoms with E-state index in [1.165, 1.54) is 11.1 Å². The molecule has 0 spiro atoms. The minimum Gasteiger partial charge on any atom is -0.481 e. The highest BCUT2D eigenvalue weighted by atomic mass is 16.5. The third-order valence-corrected chi connectivity index (χ3v) is 2.27. The summed E-state index contributed by atoms with van der Waals surface area (Å²) in [5.74, 6) is 3.36. The minimum atomic E-state index is 0.323. The first kappa shape index (κ1) is 12.6. The second-order valence-electron chi connectivity index (χ2n) is 3.78. The van der Waals surface area contributed by atoms with Gasteiger partial charge in [0.2, 0.25) is 0 Å². The molecule has 0 aliphatic heterocycles. The van der Waals surface area contributed by atoms with E-state index in [4.69, 9.17) is 11.2 Å². The molecule has 1 rings (SSSR count). The van der Waals surface area contributed by atoms with Gasteiger partial charge in [0.1, 0.15) is 12.4 Å². The maximum atomic E-state index is 5.50. The van der Waals surface area contributed by atoms with E-state index in [1.54, 1.807) is 0 Å². The number of hydrogen-bond acceptors (Lipinski definition) is 2. The molecule has 1 aromatic carbocycles. The van der Waals surface area contributed by atoms with Crippen molar-refractivity contribution in [2.45, 2.75) is 26.8 Å². The van der Waals surface area contributed by atoms with E-state index in [-0.39, 0.29) is 0 Å². The minimum absolute atomic E-state index is 0.323. The predicted octanol–water partition coefficient (Wildman–Crippen LogP) is 2.51. The number of hydrogen-bond donors (Lipinski definition) is 1. The molecule has 2 heteroatoms. The number of nitrogens with one attached hydrogen (secondary N) is 1. The Morgan fingerprint density at radius 2 is 2.25 bits per heavy atom. The van der Waals surface area contributed by atoms with Gasteiger partial charge < -0.3 is 10.1 Å². The van der Waals surface area contributed by atoms with Crippen molar-refractivity contribution in [2.24, 2.45) is 0 Å². The van der Waals surface area contributed by atoms with Crippen LogP contribution < -0.4 is 10.1 Å². The van der Waals surface area contributed by atoms with E-state index in [0.29, 0.717) is 6.61 Å². The van der Waals surface area contributed by atoms with Gasteiger partial charge in [-0.2, -0.15) is 0 Å². The number of ether oxygens (including phenoxy) is 1. The Morgan fingerprint density at radius 3 is 2.94 bits per heavy atom. The van der Waals surface area contributed by atoms with Gasteiger partial charge in [-0.15, -0.1) is 6.42 Å². The van der Waals surface area contributed by atoms with E-state index < -0.39 is 0 Å². The Hall–Kier alpha value is -1.46. The van der Waals surface area contributed by atoms with Crippen LogP contribution in [0.3, 0.4) is 0 Å². The van der Waals surface area contributed by atoms with Gasteiger partial charge in [-0.3, -0.25) is 0 Å². The molecule has 0 amide bonds. The molecule has 0 saturated carbocycles. The zero-order valence-corrected chi connectivity index (χ0v) is 10.0. The molecule has 1 aromatic rings. The first-order chi connectivity index (χ1) is 7.77. The SMILES string of the molecule is C#CCOc1ccc(C)cc1CNCCC. The smallest absolute Gasteiger partial charge is 0.148 e. The Kier molecular flexibility index (Phi) is 5.45. The molecule has 0 atom stereocenters. The molecule has 86 valence electrons. The van der Waals surface area contributed by atoms with Crippen molar-refractivity contribution in [3.05, 3.63) is 29.3 Å². The van der Waals surface area contributed by atoms with Crippen LogP contribution in [0.5, 0.6) is 5.75 Å². The molecule has 0 fully saturated rings. The second-order valence-corrected chi connectivity index (χ2v) is 3.78. The lowest BCUT2D eigenvalue weighted by Gasteiger charge is -2.11. The lowest BCUT2D eigenvalue weighted by atomic mass is 10.1. The van der Waals surface area contributed by atoms with E-state index in [9.17, 15) is 0 Å². The Balaban J connectivity index is 2.69. The molecule has 0 saturated heterocycles. The van der Waals surface area contributed by atoms with Crippen LogP contribution in [0.4, 0.5) is 0 Å². The molecule has 0 aliphatic rings. The Bertz CT molecular complexity index is 365. The van der Waals surface area contributed by atoms with Crippen LogP contribution in [0.2, 0.25) is 0 Å². The van der Waals surface area contributed by atoms with Crippen molar-refractivity contribution in [3.8, 4) is 18.1 Å². The summed E-state index contributed by atoms with van der Waals surface area (Å²) in [6, 6.07) is 6.15. The maximum absolute atomic E-state index is 5.50. The number of aryl methyl sites for hydroxylation is 1. The largest absolute Gasteiger partial charge is 0.481 e. The van der Waals surface area contributed by atoms with Gasteiger partial charge >= 0.3 is 0 Å². The molecule has 16 heavy (non-hydrogen) atoms. The molecule has 0 unspecified atom stereocenters. The molecule has 0 radical (unpaired) electrons. The highest BCUT2D eigenvalue weighted by Gasteiger charge is 2.03. The van der Waals surface area contributed by atoms with Crippen LogP contribution in [-0.4, -0.2) is 13.2 Å². The van der Waals surface area contributed by atoms with Gasteiger partial charge in [0.25, 0.3) is 0 Å². The third-order valence-electron chi connectivity index (χ3n) is 2.27. The lowest BCUT2D eigenvalue weighted by molar-refractivity contribution is 0.364. The van der Waals surface area contributed by atoms with Gasteiger partial charge in [0.15, 0.2) is 0 Å². The number of rotatable bonds is 6. The average Bonchev–Trinajstić information content (AvgIpc) is 2.28. The van der Waals surface area contributed by atoms with Crippen LogP contribution in [0.25, 0.3) is 0 Å². The highest BCUT2D eigenvalue weighted by molar-refractivity contribution is 5.37. The lowest BCUT2D eigenvalue weighted by Crippen LogP contribution is -2.14. The summed E-state index contributed by atoms with van der Waals surface area (Å²) in [6.07, 6.45) is 6.32. The van der Waals surface area contributed by atoms with E-state index >= 15 is 0 Å². The van der Waals surface area contributed by atoms with Crippen molar-refractivity contribution in [3.63, 3.8) is 0 Å². The molecular formula is C14H19NO. The van der Waals surface area contributed by atoms with E-state index in [0.717, 1.165) is 25.3 Å². The van der Waals surface area contributed by atoms with Gasteiger partial charge in [-0.1, -0.05) is 30.5 Å². The van der Waals surface area contributed by atoms with Crippen LogP contribution >= 0.6 is 0 Å². The molecule has 0 heterocycles. The van der Waals surface area contributed by atoms with Gasteiger partial charge in [0.05, 0.1) is 0 Å². The highest BCUT2D eigenvalue weighted by Crippen LogP contribution is 2.19. The van der Waals surface area contributed by atoms with E-state index in [2.05, 4.69) is 31.2 Å². The standard InChI is InChI=1S/C14H19NO/c1-4-8-15-11-13-10-12(3)6-7-14(13)16-9-5-2/h2,6-7,10,15H,4,8-9,11H2,1,3H3. The molecule has 0 bridgehead atoms. The number of benzene rings is 1. The fourth-order valence-electron chi connectivity index (χ4n) is 1.51. The van der Waals surface area contributed by atoms with Crippen LogP contribution in [0.15, 0.2) is 18.2 Å². The predicted molar refractivity (Wildman–Crippen MR) is 67.5 cm³/mol. The average molecular weight is 217 g/mol.